The lowest BCUT2D eigenvalue weighted by Crippen LogP contribution is -2.47. The Morgan fingerprint density at radius 1 is 1.13 bits per heavy atom. The molecule has 0 unspecified atom stereocenters. The molecular weight excluding hydrogens is 396 g/mol. The standard InChI is InChI=1S/C22H22N6O3/c1-11(29)21-16-5-13(15-8-24-12(2)25-9-15)3-4-17(16)27(26-21)10-20(30)28-18-6-14(18)7-19(28)22(23)31/h3-5,8-9,14,18-19H,6-7,10H2,1-2H3,(H2,23,31)/t14-,18-,19+/m1/s1. The topological polar surface area (TPSA) is 124 Å². The molecule has 2 fully saturated rings. The van der Waals surface area contributed by atoms with E-state index in [0.29, 0.717) is 34.8 Å². The quantitative estimate of drug-likeness (QED) is 0.626. The minimum Gasteiger partial charge on any atom is -0.368 e. The lowest BCUT2D eigenvalue weighted by Gasteiger charge is -2.25. The average molecular weight is 418 g/mol. The molecule has 1 aliphatic heterocycles. The van der Waals surface area contributed by atoms with Gasteiger partial charge in [0, 0.05) is 36.3 Å². The second kappa shape index (κ2) is 6.97. The van der Waals surface area contributed by atoms with E-state index in [1.54, 1.807) is 17.3 Å². The minimum absolute atomic E-state index is 0.0518. The van der Waals surface area contributed by atoms with E-state index >= 15 is 0 Å². The van der Waals surface area contributed by atoms with Gasteiger partial charge in [-0.15, -0.1) is 0 Å². The SMILES string of the molecule is CC(=O)c1nn(CC(=O)N2[C@@H]3C[C@@H]3C[C@H]2C(N)=O)c2ccc(-c3cnc(C)nc3)cc12. The number of aryl methyl sites for hydroxylation is 1. The van der Waals surface area contributed by atoms with Crippen molar-refractivity contribution in [1.82, 2.24) is 24.6 Å². The number of carbonyl (C=O) groups excluding carboxylic acids is 3. The van der Waals surface area contributed by atoms with Crippen LogP contribution in [0.1, 0.15) is 36.1 Å². The fraction of sp³-hybridized carbons (Fsp3) is 0.364. The van der Waals surface area contributed by atoms with Crippen molar-refractivity contribution >= 4 is 28.5 Å². The number of fused-ring (bicyclic) bond motifs is 2. The van der Waals surface area contributed by atoms with Crippen LogP contribution in [0.2, 0.25) is 0 Å². The Kier molecular flexibility index (Phi) is 4.35. The number of primary amides is 1. The van der Waals surface area contributed by atoms with Gasteiger partial charge in [0.15, 0.2) is 5.78 Å². The average Bonchev–Trinajstić information content (AvgIpc) is 3.24. The van der Waals surface area contributed by atoms with Crippen LogP contribution in [-0.2, 0) is 16.1 Å². The molecule has 0 radical (unpaired) electrons. The maximum absolute atomic E-state index is 13.1. The molecule has 2 aliphatic rings. The van der Waals surface area contributed by atoms with E-state index in [4.69, 9.17) is 5.73 Å². The molecule has 3 atom stereocenters. The second-order valence-electron chi connectivity index (χ2n) is 8.33. The molecule has 2 N–H and O–H groups in total. The largest absolute Gasteiger partial charge is 0.368 e. The molecule has 2 amide bonds. The van der Waals surface area contributed by atoms with Gasteiger partial charge in [0.2, 0.25) is 11.8 Å². The van der Waals surface area contributed by atoms with E-state index in [9.17, 15) is 14.4 Å². The van der Waals surface area contributed by atoms with Crippen LogP contribution in [0.3, 0.4) is 0 Å². The molecular formula is C22H22N6O3. The highest BCUT2D eigenvalue weighted by Crippen LogP contribution is 2.47. The fourth-order valence-electron chi connectivity index (χ4n) is 4.56. The van der Waals surface area contributed by atoms with Gasteiger partial charge in [-0.3, -0.25) is 19.1 Å². The van der Waals surface area contributed by atoms with E-state index in [0.717, 1.165) is 17.5 Å². The van der Waals surface area contributed by atoms with Crippen LogP contribution in [0.4, 0.5) is 0 Å². The normalized spacial score (nSPS) is 21.9. The number of aromatic nitrogens is 4. The lowest BCUT2D eigenvalue weighted by molar-refractivity contribution is -0.139. The number of nitrogens with zero attached hydrogens (tertiary/aromatic N) is 5. The Morgan fingerprint density at radius 3 is 2.55 bits per heavy atom. The Bertz CT molecular complexity index is 1230. The minimum atomic E-state index is -0.557. The third-order valence-electron chi connectivity index (χ3n) is 6.20. The number of nitrogens with two attached hydrogens (primary N) is 1. The lowest BCUT2D eigenvalue weighted by atomic mass is 10.0. The van der Waals surface area contributed by atoms with Gasteiger partial charge in [-0.2, -0.15) is 5.10 Å². The first-order valence-electron chi connectivity index (χ1n) is 10.2. The van der Waals surface area contributed by atoms with Gasteiger partial charge in [0.25, 0.3) is 0 Å². The van der Waals surface area contributed by atoms with E-state index in [-0.39, 0.29) is 24.3 Å². The van der Waals surface area contributed by atoms with Crippen molar-refractivity contribution in [2.75, 3.05) is 0 Å². The van der Waals surface area contributed by atoms with Crippen molar-refractivity contribution < 1.29 is 14.4 Å². The van der Waals surface area contributed by atoms with Crippen LogP contribution in [0.15, 0.2) is 30.6 Å². The third kappa shape index (κ3) is 3.26. The Labute approximate surface area is 178 Å². The van der Waals surface area contributed by atoms with Gasteiger partial charge in [-0.1, -0.05) is 6.07 Å². The molecule has 3 heterocycles. The summed E-state index contributed by atoms with van der Waals surface area (Å²) in [5, 5.41) is 5.09. The maximum atomic E-state index is 13.1. The van der Waals surface area contributed by atoms with E-state index in [1.807, 2.05) is 25.1 Å². The molecule has 1 saturated carbocycles. The first-order valence-corrected chi connectivity index (χ1v) is 10.2. The molecule has 9 nitrogen and oxygen atoms in total. The Morgan fingerprint density at radius 2 is 1.87 bits per heavy atom. The summed E-state index contributed by atoms with van der Waals surface area (Å²) < 4.78 is 1.54. The molecule has 0 bridgehead atoms. The van der Waals surface area contributed by atoms with Crippen molar-refractivity contribution in [1.29, 1.82) is 0 Å². The Hall–Kier alpha value is -3.62. The van der Waals surface area contributed by atoms with Crippen LogP contribution in [0.25, 0.3) is 22.0 Å². The first-order chi connectivity index (χ1) is 14.8. The number of Topliss-reactive ketones (excluding diaryl/α,β-unsaturated/α-hetero) is 1. The van der Waals surface area contributed by atoms with Crippen LogP contribution in [0, 0.1) is 12.8 Å². The molecule has 1 saturated heterocycles. The van der Waals surface area contributed by atoms with E-state index in [1.165, 1.54) is 11.6 Å². The second-order valence-corrected chi connectivity index (χ2v) is 8.33. The molecule has 1 aliphatic carbocycles. The molecule has 0 spiro atoms. The van der Waals surface area contributed by atoms with Crippen LogP contribution in [-0.4, -0.2) is 54.3 Å². The summed E-state index contributed by atoms with van der Waals surface area (Å²) in [4.78, 5) is 47.2. The van der Waals surface area contributed by atoms with Gasteiger partial charge < -0.3 is 10.6 Å². The van der Waals surface area contributed by atoms with Gasteiger partial charge in [-0.05, 0) is 43.4 Å². The van der Waals surface area contributed by atoms with Gasteiger partial charge in [0.1, 0.15) is 24.1 Å². The molecule has 9 heteroatoms. The number of carbonyl (C=O) groups is 3. The number of rotatable bonds is 5. The van der Waals surface area contributed by atoms with Crippen LogP contribution in [0.5, 0.6) is 0 Å². The highest BCUT2D eigenvalue weighted by atomic mass is 16.2. The zero-order chi connectivity index (χ0) is 21.9. The van der Waals surface area contributed by atoms with Gasteiger partial charge in [0.05, 0.1) is 5.52 Å². The molecule has 31 heavy (non-hydrogen) atoms. The number of likely N-dealkylation sites (tertiary alicyclic amines) is 1. The Balaban J connectivity index is 1.50. The highest BCUT2D eigenvalue weighted by Gasteiger charge is 2.55. The molecule has 1 aromatic carbocycles. The van der Waals surface area contributed by atoms with E-state index < -0.39 is 11.9 Å². The van der Waals surface area contributed by atoms with E-state index in [2.05, 4.69) is 15.1 Å². The van der Waals surface area contributed by atoms with Crippen molar-refractivity contribution in [2.45, 2.75) is 45.3 Å². The van der Waals surface area contributed by atoms with Crippen LogP contribution >= 0.6 is 0 Å². The first kappa shape index (κ1) is 19.3. The third-order valence-corrected chi connectivity index (χ3v) is 6.20. The summed E-state index contributed by atoms with van der Waals surface area (Å²) in [5.74, 6) is 0.175. The number of piperidine rings is 1. The summed E-state index contributed by atoms with van der Waals surface area (Å²) in [7, 11) is 0. The van der Waals surface area contributed by atoms with Crippen molar-refractivity contribution in [2.24, 2.45) is 11.7 Å². The smallest absolute Gasteiger partial charge is 0.245 e. The summed E-state index contributed by atoms with van der Waals surface area (Å²) >= 11 is 0. The maximum Gasteiger partial charge on any atom is 0.245 e. The zero-order valence-electron chi connectivity index (χ0n) is 17.3. The molecule has 158 valence electrons. The summed E-state index contributed by atoms with van der Waals surface area (Å²) in [6, 6.07) is 5.13. The monoisotopic (exact) mass is 418 g/mol. The predicted molar refractivity (Wildman–Crippen MR) is 112 cm³/mol. The number of ketones is 1. The molecule has 3 aromatic rings. The number of hydrogen-bond acceptors (Lipinski definition) is 6. The summed E-state index contributed by atoms with van der Waals surface area (Å²) in [5.41, 5.74) is 8.17. The predicted octanol–water partition coefficient (Wildman–Crippen LogP) is 1.48. The van der Waals surface area contributed by atoms with Crippen molar-refractivity contribution in [3.8, 4) is 11.1 Å². The fourth-order valence-corrected chi connectivity index (χ4v) is 4.56. The van der Waals surface area contributed by atoms with Crippen molar-refractivity contribution in [3.05, 3.63) is 42.1 Å². The van der Waals surface area contributed by atoms with Gasteiger partial charge >= 0.3 is 0 Å². The number of amides is 2. The summed E-state index contributed by atoms with van der Waals surface area (Å²) in [6.07, 6.45) is 5.00. The number of benzene rings is 1. The van der Waals surface area contributed by atoms with Gasteiger partial charge in [-0.25, -0.2) is 9.97 Å². The zero-order valence-corrected chi connectivity index (χ0v) is 17.3. The van der Waals surface area contributed by atoms with Crippen molar-refractivity contribution in [3.63, 3.8) is 0 Å². The highest BCUT2D eigenvalue weighted by molar-refractivity contribution is 6.06. The number of hydrogen-bond donors (Lipinski definition) is 1. The van der Waals surface area contributed by atoms with Crippen LogP contribution < -0.4 is 5.73 Å². The molecule has 5 rings (SSSR count). The summed E-state index contributed by atoms with van der Waals surface area (Å²) in [6.45, 7) is 3.21. The molecule has 2 aromatic heterocycles.